The van der Waals surface area contributed by atoms with Crippen molar-refractivity contribution < 1.29 is 19.1 Å². The molecule has 0 fully saturated rings. The molecule has 0 bridgehead atoms. The Bertz CT molecular complexity index is 766. The molecule has 0 saturated heterocycles. The molecule has 0 radical (unpaired) electrons. The first-order valence-corrected chi connectivity index (χ1v) is 8.02. The maximum atomic E-state index is 12.1. The summed E-state index contributed by atoms with van der Waals surface area (Å²) in [6.45, 7) is 1.55. The minimum Gasteiger partial charge on any atom is -0.497 e. The van der Waals surface area contributed by atoms with Gasteiger partial charge in [0.15, 0.2) is 6.10 Å². The van der Waals surface area contributed by atoms with Crippen molar-refractivity contribution in [3.63, 3.8) is 0 Å². The molecule has 0 aliphatic heterocycles. The van der Waals surface area contributed by atoms with Gasteiger partial charge < -0.3 is 9.47 Å². The molecule has 2 aromatic carbocycles. The number of hydrogen-bond acceptors (Lipinski definition) is 4. The van der Waals surface area contributed by atoms with E-state index in [0.29, 0.717) is 16.5 Å². The maximum absolute atomic E-state index is 12.1. The van der Waals surface area contributed by atoms with E-state index >= 15 is 0 Å². The molecule has 1 unspecified atom stereocenters. The van der Waals surface area contributed by atoms with E-state index in [2.05, 4.69) is 10.9 Å². The van der Waals surface area contributed by atoms with Gasteiger partial charge in [0.25, 0.3) is 11.8 Å². The van der Waals surface area contributed by atoms with Crippen LogP contribution < -0.4 is 20.3 Å². The summed E-state index contributed by atoms with van der Waals surface area (Å²) in [5, 5.41) is 0.579. The van der Waals surface area contributed by atoms with E-state index in [4.69, 9.17) is 32.7 Å². The van der Waals surface area contributed by atoms with Crippen molar-refractivity contribution >= 4 is 35.0 Å². The standard InChI is InChI=1S/C17H16Cl2N2O4/c1-10(25-13-6-4-12(24-2)5-7-13)16(22)20-21-17(23)14-9-11(18)3-8-15(14)19/h3-10H,1-2H3,(H,20,22)(H,21,23). The van der Waals surface area contributed by atoms with E-state index in [9.17, 15) is 9.59 Å². The van der Waals surface area contributed by atoms with Crippen molar-refractivity contribution in [2.75, 3.05) is 7.11 Å². The first-order valence-electron chi connectivity index (χ1n) is 7.26. The molecular formula is C17H16Cl2N2O4. The van der Waals surface area contributed by atoms with Crippen molar-refractivity contribution in [3.8, 4) is 11.5 Å². The van der Waals surface area contributed by atoms with Gasteiger partial charge in [0, 0.05) is 5.02 Å². The molecular weight excluding hydrogens is 367 g/mol. The molecule has 2 amide bonds. The third-order valence-corrected chi connectivity index (χ3v) is 3.78. The number of carbonyl (C=O) groups is 2. The number of carbonyl (C=O) groups excluding carboxylic acids is 2. The molecule has 0 spiro atoms. The zero-order valence-corrected chi connectivity index (χ0v) is 15.0. The van der Waals surface area contributed by atoms with Gasteiger partial charge in [-0.3, -0.25) is 20.4 Å². The first-order chi connectivity index (χ1) is 11.9. The second-order valence-corrected chi connectivity index (χ2v) is 5.85. The van der Waals surface area contributed by atoms with Crippen LogP contribution in [-0.2, 0) is 4.79 Å². The van der Waals surface area contributed by atoms with Gasteiger partial charge in [-0.15, -0.1) is 0 Å². The van der Waals surface area contributed by atoms with Crippen LogP contribution >= 0.6 is 23.2 Å². The van der Waals surface area contributed by atoms with Crippen molar-refractivity contribution in [2.45, 2.75) is 13.0 Å². The average Bonchev–Trinajstić information content (AvgIpc) is 2.62. The Kier molecular flexibility index (Phi) is 6.50. The molecule has 1 atom stereocenters. The molecule has 0 heterocycles. The molecule has 2 N–H and O–H groups in total. The molecule has 0 saturated carbocycles. The number of hydrazine groups is 1. The van der Waals surface area contributed by atoms with Gasteiger partial charge in [0.05, 0.1) is 17.7 Å². The van der Waals surface area contributed by atoms with E-state index in [1.54, 1.807) is 44.4 Å². The Morgan fingerprint density at radius 2 is 1.64 bits per heavy atom. The minimum absolute atomic E-state index is 0.151. The van der Waals surface area contributed by atoms with Gasteiger partial charge in [-0.2, -0.15) is 0 Å². The number of amides is 2. The van der Waals surface area contributed by atoms with Crippen LogP contribution in [0.4, 0.5) is 0 Å². The summed E-state index contributed by atoms with van der Waals surface area (Å²) in [4.78, 5) is 24.1. The molecule has 8 heteroatoms. The number of methoxy groups -OCH3 is 1. The topological polar surface area (TPSA) is 76.7 Å². The number of halogens is 2. The fraction of sp³-hybridized carbons (Fsp3) is 0.176. The largest absolute Gasteiger partial charge is 0.497 e. The Hall–Kier alpha value is -2.44. The van der Waals surface area contributed by atoms with Crippen molar-refractivity contribution in [1.29, 1.82) is 0 Å². The lowest BCUT2D eigenvalue weighted by molar-refractivity contribution is -0.128. The maximum Gasteiger partial charge on any atom is 0.279 e. The summed E-state index contributed by atoms with van der Waals surface area (Å²) in [5.74, 6) is 0.0580. The second-order valence-electron chi connectivity index (χ2n) is 5.00. The monoisotopic (exact) mass is 382 g/mol. The summed E-state index contributed by atoms with van der Waals surface area (Å²) in [6, 6.07) is 11.2. The van der Waals surface area contributed by atoms with E-state index in [-0.39, 0.29) is 10.6 Å². The fourth-order valence-corrected chi connectivity index (χ4v) is 2.25. The predicted octanol–water partition coefficient (Wildman–Crippen LogP) is 3.23. The lowest BCUT2D eigenvalue weighted by atomic mass is 10.2. The minimum atomic E-state index is -0.830. The SMILES string of the molecule is COc1ccc(OC(C)C(=O)NNC(=O)c2cc(Cl)ccc2Cl)cc1. The highest BCUT2D eigenvalue weighted by molar-refractivity contribution is 6.35. The van der Waals surface area contributed by atoms with Gasteiger partial charge >= 0.3 is 0 Å². The zero-order valence-electron chi connectivity index (χ0n) is 13.5. The molecule has 25 heavy (non-hydrogen) atoms. The van der Waals surface area contributed by atoms with E-state index in [1.165, 1.54) is 12.1 Å². The summed E-state index contributed by atoms with van der Waals surface area (Å²) in [5.41, 5.74) is 4.70. The summed E-state index contributed by atoms with van der Waals surface area (Å²) in [7, 11) is 1.56. The highest BCUT2D eigenvalue weighted by Crippen LogP contribution is 2.20. The van der Waals surface area contributed by atoms with E-state index in [1.807, 2.05) is 0 Å². The number of nitrogens with one attached hydrogen (secondary N) is 2. The number of hydrogen-bond donors (Lipinski definition) is 2. The number of ether oxygens (including phenoxy) is 2. The molecule has 2 aromatic rings. The lowest BCUT2D eigenvalue weighted by Gasteiger charge is -2.15. The number of benzene rings is 2. The molecule has 2 rings (SSSR count). The second kappa shape index (κ2) is 8.60. The van der Waals surface area contributed by atoms with Crippen LogP contribution in [0, 0.1) is 0 Å². The highest BCUT2D eigenvalue weighted by atomic mass is 35.5. The Labute approximate surface area is 155 Å². The van der Waals surface area contributed by atoms with E-state index in [0.717, 1.165) is 0 Å². The van der Waals surface area contributed by atoms with Crippen LogP contribution in [0.25, 0.3) is 0 Å². The van der Waals surface area contributed by atoms with Gasteiger partial charge in [-0.1, -0.05) is 23.2 Å². The molecule has 6 nitrogen and oxygen atoms in total. The Morgan fingerprint density at radius 1 is 1.00 bits per heavy atom. The predicted molar refractivity (Wildman–Crippen MR) is 95.2 cm³/mol. The third-order valence-electron chi connectivity index (χ3n) is 3.21. The lowest BCUT2D eigenvalue weighted by Crippen LogP contribution is -2.47. The van der Waals surface area contributed by atoms with Crippen molar-refractivity contribution in [2.24, 2.45) is 0 Å². The van der Waals surface area contributed by atoms with Crippen LogP contribution in [0.2, 0.25) is 10.0 Å². The van der Waals surface area contributed by atoms with E-state index < -0.39 is 17.9 Å². The van der Waals surface area contributed by atoms with Gasteiger partial charge in [-0.25, -0.2) is 0 Å². The summed E-state index contributed by atoms with van der Waals surface area (Å²) in [6.07, 6.45) is -0.830. The van der Waals surface area contributed by atoms with Crippen LogP contribution in [0.5, 0.6) is 11.5 Å². The summed E-state index contributed by atoms with van der Waals surface area (Å²) < 4.78 is 10.5. The van der Waals surface area contributed by atoms with Crippen LogP contribution in [0.1, 0.15) is 17.3 Å². The fourth-order valence-electron chi connectivity index (χ4n) is 1.87. The van der Waals surface area contributed by atoms with Crippen LogP contribution in [0.15, 0.2) is 42.5 Å². The third kappa shape index (κ3) is 5.27. The van der Waals surface area contributed by atoms with Crippen molar-refractivity contribution in [1.82, 2.24) is 10.9 Å². The van der Waals surface area contributed by atoms with Gasteiger partial charge in [0.2, 0.25) is 0 Å². The highest BCUT2D eigenvalue weighted by Gasteiger charge is 2.17. The smallest absolute Gasteiger partial charge is 0.279 e. The Balaban J connectivity index is 1.90. The molecule has 0 aromatic heterocycles. The molecule has 0 aliphatic rings. The Morgan fingerprint density at radius 3 is 2.28 bits per heavy atom. The van der Waals surface area contributed by atoms with Gasteiger partial charge in [-0.05, 0) is 49.4 Å². The zero-order chi connectivity index (χ0) is 18.4. The number of rotatable bonds is 5. The van der Waals surface area contributed by atoms with Crippen molar-refractivity contribution in [3.05, 3.63) is 58.1 Å². The van der Waals surface area contributed by atoms with Gasteiger partial charge in [0.1, 0.15) is 11.5 Å². The normalized spacial score (nSPS) is 11.4. The first kappa shape index (κ1) is 18.9. The molecule has 0 aliphatic carbocycles. The molecule has 132 valence electrons. The summed E-state index contributed by atoms with van der Waals surface area (Å²) >= 11 is 11.8. The van der Waals surface area contributed by atoms with Crippen LogP contribution in [-0.4, -0.2) is 25.0 Å². The van der Waals surface area contributed by atoms with Crippen LogP contribution in [0.3, 0.4) is 0 Å². The average molecular weight is 383 g/mol. The quantitative estimate of drug-likeness (QED) is 0.778.